The van der Waals surface area contributed by atoms with Gasteiger partial charge in [0.05, 0.1) is 25.3 Å². The van der Waals surface area contributed by atoms with Crippen LogP contribution in [0.25, 0.3) is 0 Å². The third-order valence-electron chi connectivity index (χ3n) is 3.39. The number of halogens is 3. The Kier molecular flexibility index (Phi) is 5.41. The number of phenolic OH excluding ortho intramolecular Hbond substituents is 1. The Labute approximate surface area is 146 Å². The number of allylic oxidation sites excluding steroid dienone is 1. The molecule has 0 spiro atoms. The predicted octanol–water partition coefficient (Wildman–Crippen LogP) is 2.30. The summed E-state index contributed by atoms with van der Waals surface area (Å²) in [6.45, 7) is 1.39. The molecule has 0 saturated carbocycles. The lowest BCUT2D eigenvalue weighted by Crippen LogP contribution is -2.49. The highest BCUT2D eigenvalue weighted by Crippen LogP contribution is 2.37. The van der Waals surface area contributed by atoms with Gasteiger partial charge in [-0.25, -0.2) is 4.79 Å². The highest BCUT2D eigenvalue weighted by molar-refractivity contribution is 7.80. The van der Waals surface area contributed by atoms with Gasteiger partial charge in [0, 0.05) is 0 Å². The summed E-state index contributed by atoms with van der Waals surface area (Å²) in [6, 6.07) is 2.70. The molecule has 0 aromatic heterocycles. The van der Waals surface area contributed by atoms with E-state index in [-0.39, 0.29) is 28.8 Å². The van der Waals surface area contributed by atoms with Crippen molar-refractivity contribution in [3.05, 3.63) is 35.0 Å². The van der Waals surface area contributed by atoms with Crippen LogP contribution in [0.1, 0.15) is 18.5 Å². The maximum Gasteiger partial charge on any atom is 0.431 e. The summed E-state index contributed by atoms with van der Waals surface area (Å²) in [5.41, 5.74) is -1.70. The van der Waals surface area contributed by atoms with Gasteiger partial charge in [-0.2, -0.15) is 13.2 Å². The van der Waals surface area contributed by atoms with E-state index in [0.29, 0.717) is 0 Å². The van der Waals surface area contributed by atoms with E-state index in [0.717, 1.165) is 0 Å². The fourth-order valence-electron chi connectivity index (χ4n) is 2.34. The molecule has 0 fully saturated rings. The van der Waals surface area contributed by atoms with Gasteiger partial charge in [0.15, 0.2) is 16.6 Å². The molecule has 10 heteroatoms. The molecule has 1 aromatic carbocycles. The van der Waals surface area contributed by atoms with E-state index in [1.807, 2.05) is 5.32 Å². The Morgan fingerprint density at radius 3 is 2.64 bits per heavy atom. The quantitative estimate of drug-likeness (QED) is 0.550. The Morgan fingerprint density at radius 2 is 2.08 bits per heavy atom. The van der Waals surface area contributed by atoms with Crippen molar-refractivity contribution >= 4 is 23.3 Å². The number of hydrogen-bond donors (Lipinski definition) is 3. The summed E-state index contributed by atoms with van der Waals surface area (Å²) in [5, 5.41) is 14.0. The van der Waals surface area contributed by atoms with Gasteiger partial charge in [-0.1, -0.05) is 6.07 Å². The Hall–Kier alpha value is -2.49. The maximum atomic E-state index is 13.4. The number of carbonyl (C=O) groups is 1. The van der Waals surface area contributed by atoms with Crippen molar-refractivity contribution in [1.82, 2.24) is 10.6 Å². The van der Waals surface area contributed by atoms with Crippen LogP contribution < -0.4 is 15.4 Å². The van der Waals surface area contributed by atoms with Crippen LogP contribution in [-0.2, 0) is 9.53 Å². The van der Waals surface area contributed by atoms with Gasteiger partial charge in [0.1, 0.15) is 5.70 Å². The van der Waals surface area contributed by atoms with E-state index in [9.17, 15) is 23.1 Å². The zero-order valence-electron chi connectivity index (χ0n) is 13.2. The number of esters is 1. The number of hydrogen-bond acceptors (Lipinski definition) is 5. The number of aromatic hydroxyl groups is 1. The second-order valence-corrected chi connectivity index (χ2v) is 5.38. The van der Waals surface area contributed by atoms with Crippen LogP contribution in [0.2, 0.25) is 0 Å². The third-order valence-corrected chi connectivity index (χ3v) is 3.61. The number of nitrogens with one attached hydrogen (secondary N) is 2. The smallest absolute Gasteiger partial charge is 0.431 e. The van der Waals surface area contributed by atoms with Gasteiger partial charge >= 0.3 is 12.1 Å². The Morgan fingerprint density at radius 1 is 1.40 bits per heavy atom. The zero-order chi connectivity index (χ0) is 18.8. The molecule has 0 radical (unpaired) electrons. The first-order valence-electron chi connectivity index (χ1n) is 7.12. The predicted molar refractivity (Wildman–Crippen MR) is 86.0 cm³/mol. The summed E-state index contributed by atoms with van der Waals surface area (Å²) in [5.74, 6) is -1.28. The van der Waals surface area contributed by atoms with E-state index in [1.165, 1.54) is 32.2 Å². The topological polar surface area (TPSA) is 79.8 Å². The molecule has 1 aliphatic heterocycles. The third kappa shape index (κ3) is 3.95. The number of benzene rings is 1. The van der Waals surface area contributed by atoms with Crippen LogP contribution in [-0.4, -0.2) is 36.1 Å². The van der Waals surface area contributed by atoms with Crippen molar-refractivity contribution in [3.63, 3.8) is 0 Å². The average Bonchev–Trinajstić information content (AvgIpc) is 2.53. The Balaban J connectivity index is 2.64. The van der Waals surface area contributed by atoms with E-state index in [4.69, 9.17) is 21.7 Å². The fourth-order valence-corrected chi connectivity index (χ4v) is 2.56. The number of ether oxygens (including phenoxy) is 2. The van der Waals surface area contributed by atoms with Crippen LogP contribution in [0.4, 0.5) is 13.2 Å². The molecule has 2 rings (SSSR count). The van der Waals surface area contributed by atoms with E-state index < -0.39 is 29.5 Å². The molecule has 136 valence electrons. The van der Waals surface area contributed by atoms with Gasteiger partial charge in [0.25, 0.3) is 0 Å². The summed E-state index contributed by atoms with van der Waals surface area (Å²) >= 11 is 4.83. The molecular formula is C15H15F3N2O4S. The van der Waals surface area contributed by atoms with E-state index in [2.05, 4.69) is 5.32 Å². The summed E-state index contributed by atoms with van der Waals surface area (Å²) in [4.78, 5) is 12.2. The molecule has 0 aliphatic carbocycles. The summed E-state index contributed by atoms with van der Waals surface area (Å²) in [7, 11) is 1.29. The standard InChI is InChI=1S/C15H15F3N2O4S/c1-3-24-13(22)10-11(7-4-5-8(21)9(6-7)23-2)19-14(25)20-12(10)15(16,17)18/h4-6,11,21H,3H2,1-2H3,(H2,19,20,25)/t11-/m1/s1. The molecule has 0 amide bonds. The van der Waals surface area contributed by atoms with Crippen molar-refractivity contribution < 1.29 is 32.5 Å². The monoisotopic (exact) mass is 376 g/mol. The van der Waals surface area contributed by atoms with Crippen LogP contribution in [0, 0.1) is 0 Å². The molecule has 0 unspecified atom stereocenters. The molecule has 0 saturated heterocycles. The van der Waals surface area contributed by atoms with Crippen LogP contribution in [0.3, 0.4) is 0 Å². The lowest BCUT2D eigenvalue weighted by molar-refractivity contribution is -0.140. The van der Waals surface area contributed by atoms with Gasteiger partial charge in [-0.3, -0.25) is 0 Å². The Bertz CT molecular complexity index is 734. The summed E-state index contributed by atoms with van der Waals surface area (Å²) < 4.78 is 49.9. The molecular weight excluding hydrogens is 361 g/mol. The average molecular weight is 376 g/mol. The zero-order valence-corrected chi connectivity index (χ0v) is 14.0. The number of rotatable bonds is 4. The molecule has 25 heavy (non-hydrogen) atoms. The number of thiocarbonyl (C=S) groups is 1. The number of carbonyl (C=O) groups excluding carboxylic acids is 1. The minimum Gasteiger partial charge on any atom is -0.504 e. The van der Waals surface area contributed by atoms with Crippen LogP contribution in [0.15, 0.2) is 29.5 Å². The van der Waals surface area contributed by atoms with Crippen molar-refractivity contribution in [1.29, 1.82) is 0 Å². The van der Waals surface area contributed by atoms with Crippen molar-refractivity contribution in [3.8, 4) is 11.5 Å². The molecule has 1 aromatic rings. The first-order chi connectivity index (χ1) is 11.7. The number of alkyl halides is 3. The van der Waals surface area contributed by atoms with E-state index in [1.54, 1.807) is 0 Å². The van der Waals surface area contributed by atoms with Gasteiger partial charge in [0.2, 0.25) is 0 Å². The van der Waals surface area contributed by atoms with Gasteiger partial charge in [-0.15, -0.1) is 0 Å². The molecule has 1 aliphatic rings. The SMILES string of the molecule is CCOC(=O)C1=C(C(F)(F)F)NC(=S)N[C@@H]1c1ccc(O)c(OC)c1. The number of methoxy groups -OCH3 is 1. The minimum absolute atomic E-state index is 0.0421. The second kappa shape index (κ2) is 7.18. The van der Waals surface area contributed by atoms with Crippen molar-refractivity contribution in [2.45, 2.75) is 19.1 Å². The number of phenols is 1. The maximum absolute atomic E-state index is 13.4. The highest BCUT2D eigenvalue weighted by Gasteiger charge is 2.45. The van der Waals surface area contributed by atoms with E-state index >= 15 is 0 Å². The largest absolute Gasteiger partial charge is 0.504 e. The summed E-state index contributed by atoms with van der Waals surface area (Å²) in [6.07, 6.45) is -4.84. The lowest BCUT2D eigenvalue weighted by Gasteiger charge is -2.31. The van der Waals surface area contributed by atoms with Crippen molar-refractivity contribution in [2.75, 3.05) is 13.7 Å². The van der Waals surface area contributed by atoms with Crippen LogP contribution in [0.5, 0.6) is 11.5 Å². The molecule has 3 N–H and O–H groups in total. The molecule has 0 bridgehead atoms. The van der Waals surface area contributed by atoms with Crippen LogP contribution >= 0.6 is 12.2 Å². The molecule has 1 atom stereocenters. The molecule has 6 nitrogen and oxygen atoms in total. The second-order valence-electron chi connectivity index (χ2n) is 4.97. The minimum atomic E-state index is -4.84. The van der Waals surface area contributed by atoms with Gasteiger partial charge < -0.3 is 25.2 Å². The normalized spacial score (nSPS) is 17.6. The molecule has 1 heterocycles. The first-order valence-corrected chi connectivity index (χ1v) is 7.52. The fraction of sp³-hybridized carbons (Fsp3) is 0.333. The van der Waals surface area contributed by atoms with Gasteiger partial charge in [-0.05, 0) is 36.8 Å². The van der Waals surface area contributed by atoms with Crippen molar-refractivity contribution in [2.24, 2.45) is 0 Å². The lowest BCUT2D eigenvalue weighted by atomic mass is 9.94. The highest BCUT2D eigenvalue weighted by atomic mass is 32.1. The first kappa shape index (κ1) is 18.8.